The zero-order valence-electron chi connectivity index (χ0n) is 11.6. The van der Waals surface area contributed by atoms with E-state index >= 15 is 0 Å². The minimum absolute atomic E-state index is 0. The molecule has 3 N–H and O–H groups in total. The predicted octanol–water partition coefficient (Wildman–Crippen LogP) is -2.24. The van der Waals surface area contributed by atoms with Gasteiger partial charge in [0.1, 0.15) is 18.7 Å². The number of H-pyrrole nitrogens is 1. The zero-order valence-corrected chi connectivity index (χ0v) is 13.7. The monoisotopic (exact) mass is 395 g/mol. The summed E-state index contributed by atoms with van der Waals surface area (Å²) in [6.07, 6.45) is 3.90. The van der Waals surface area contributed by atoms with Crippen molar-refractivity contribution in [3.05, 3.63) is 52.8 Å². The molecule has 0 amide bonds. The van der Waals surface area contributed by atoms with Crippen LogP contribution in [0.25, 0.3) is 0 Å². The summed E-state index contributed by atoms with van der Waals surface area (Å²) in [5, 5.41) is 16.4. The number of nitrogens with zero attached hydrogens (tertiary/aromatic N) is 3. The normalized spacial score (nSPS) is 16.5. The minimum atomic E-state index is -0.255. The molecule has 0 spiro atoms. The second kappa shape index (κ2) is 5.73. The number of fused-ring (bicyclic) bond motifs is 1. The molecule has 2 aromatic heterocycles. The molecule has 1 unspecified atom stereocenters. The average molecular weight is 395 g/mol. The van der Waals surface area contributed by atoms with Crippen LogP contribution in [0.1, 0.15) is 22.7 Å². The summed E-state index contributed by atoms with van der Waals surface area (Å²) >= 11 is 0. The largest absolute Gasteiger partial charge is 1.00 e. The molecule has 0 bridgehead atoms. The molecule has 1 aliphatic rings. The number of aryl methyl sites for hydroxylation is 2. The van der Waals surface area contributed by atoms with E-state index in [1.807, 2.05) is 43.1 Å². The molecular formula is C14H14IN5O. The molecule has 0 aromatic carbocycles. The third-order valence-electron chi connectivity index (χ3n) is 3.43. The topological polar surface area (TPSA) is 91.6 Å². The first-order valence-electron chi connectivity index (χ1n) is 6.19. The van der Waals surface area contributed by atoms with Gasteiger partial charge in [-0.1, -0.05) is 0 Å². The lowest BCUT2D eigenvalue weighted by atomic mass is 9.85. The Morgan fingerprint density at radius 2 is 2.29 bits per heavy atom. The molecule has 3 rings (SSSR count). The molecule has 21 heavy (non-hydrogen) atoms. The van der Waals surface area contributed by atoms with Crippen LogP contribution in [-0.4, -0.2) is 10.2 Å². The Morgan fingerprint density at radius 1 is 1.52 bits per heavy atom. The van der Waals surface area contributed by atoms with Crippen molar-refractivity contribution < 1.29 is 33.3 Å². The van der Waals surface area contributed by atoms with E-state index < -0.39 is 0 Å². The number of aromatic nitrogens is 3. The predicted molar refractivity (Wildman–Crippen MR) is 70.2 cm³/mol. The zero-order chi connectivity index (χ0) is 14.3. The number of aromatic amines is 1. The van der Waals surface area contributed by atoms with Gasteiger partial charge in [0.25, 0.3) is 0 Å². The average Bonchev–Trinajstić information content (AvgIpc) is 2.78. The lowest BCUT2D eigenvalue weighted by Gasteiger charge is -2.22. The molecule has 3 heterocycles. The second-order valence-electron chi connectivity index (χ2n) is 4.79. The van der Waals surface area contributed by atoms with Crippen molar-refractivity contribution in [2.24, 2.45) is 12.8 Å². The van der Waals surface area contributed by atoms with E-state index in [2.05, 4.69) is 16.3 Å². The fourth-order valence-corrected chi connectivity index (χ4v) is 2.51. The van der Waals surface area contributed by atoms with Gasteiger partial charge >= 0.3 is 0 Å². The summed E-state index contributed by atoms with van der Waals surface area (Å²) in [5.41, 5.74) is 8.97. The van der Waals surface area contributed by atoms with Crippen molar-refractivity contribution in [3.63, 3.8) is 0 Å². The van der Waals surface area contributed by atoms with Gasteiger partial charge in [0.2, 0.25) is 11.8 Å². The number of hydrogen-bond donors (Lipinski definition) is 2. The Balaban J connectivity index is 0.00000161. The summed E-state index contributed by atoms with van der Waals surface area (Å²) < 4.78 is 7.36. The van der Waals surface area contributed by atoms with Crippen LogP contribution >= 0.6 is 0 Å². The number of halogens is 1. The first-order valence-corrected chi connectivity index (χ1v) is 6.19. The Bertz CT molecular complexity index is 759. The van der Waals surface area contributed by atoms with E-state index in [4.69, 9.17) is 10.5 Å². The molecule has 0 aliphatic carbocycles. The van der Waals surface area contributed by atoms with Crippen molar-refractivity contribution in [2.45, 2.75) is 12.8 Å². The van der Waals surface area contributed by atoms with Gasteiger partial charge in [-0.05, 0) is 13.0 Å². The lowest BCUT2D eigenvalue weighted by Crippen LogP contribution is -3.00. The van der Waals surface area contributed by atoms with Crippen LogP contribution in [0.3, 0.4) is 0 Å². The lowest BCUT2D eigenvalue weighted by molar-refractivity contribution is -0.671. The van der Waals surface area contributed by atoms with Crippen molar-refractivity contribution >= 4 is 0 Å². The van der Waals surface area contributed by atoms with Crippen LogP contribution in [0.15, 0.2) is 36.0 Å². The van der Waals surface area contributed by atoms with Crippen molar-refractivity contribution in [1.82, 2.24) is 10.2 Å². The maximum atomic E-state index is 9.41. The highest BCUT2D eigenvalue weighted by Crippen LogP contribution is 2.41. The second-order valence-corrected chi connectivity index (χ2v) is 4.79. The molecule has 108 valence electrons. The molecule has 0 fully saturated rings. The van der Waals surface area contributed by atoms with Gasteiger partial charge in [-0.3, -0.25) is 5.10 Å². The molecule has 1 atom stereocenters. The number of nitriles is 1. The maximum absolute atomic E-state index is 9.41. The van der Waals surface area contributed by atoms with Crippen LogP contribution in [0, 0.1) is 18.3 Å². The van der Waals surface area contributed by atoms with Crippen LogP contribution < -0.4 is 39.0 Å². The van der Waals surface area contributed by atoms with E-state index in [9.17, 15) is 5.26 Å². The molecule has 0 saturated heterocycles. The SMILES string of the molecule is Cc1[nH]nc2c1C(c1ccc[n+](C)c1)C(C#N)=C(N)O2.[I-]. The van der Waals surface area contributed by atoms with E-state index in [0.717, 1.165) is 16.8 Å². The van der Waals surface area contributed by atoms with Crippen LogP contribution in [-0.2, 0) is 7.05 Å². The van der Waals surface area contributed by atoms with E-state index in [1.54, 1.807) is 0 Å². The molecule has 2 aromatic rings. The number of ether oxygens (including phenoxy) is 1. The van der Waals surface area contributed by atoms with Crippen molar-refractivity contribution in [2.75, 3.05) is 0 Å². The fourth-order valence-electron chi connectivity index (χ4n) is 2.51. The molecule has 7 heteroatoms. The maximum Gasteiger partial charge on any atom is 0.244 e. The Morgan fingerprint density at radius 3 is 2.95 bits per heavy atom. The number of allylic oxidation sites excluding steroid dienone is 1. The molecule has 0 saturated carbocycles. The Labute approximate surface area is 139 Å². The number of nitrogens with one attached hydrogen (secondary N) is 1. The molecular weight excluding hydrogens is 381 g/mol. The van der Waals surface area contributed by atoms with Crippen LogP contribution in [0.5, 0.6) is 5.88 Å². The highest BCUT2D eigenvalue weighted by Gasteiger charge is 2.35. The van der Waals surface area contributed by atoms with Gasteiger partial charge in [0.05, 0.1) is 5.92 Å². The molecule has 6 nitrogen and oxygen atoms in total. The van der Waals surface area contributed by atoms with E-state index in [0.29, 0.717) is 11.5 Å². The van der Waals surface area contributed by atoms with Crippen molar-refractivity contribution in [1.29, 1.82) is 5.26 Å². The quantitative estimate of drug-likeness (QED) is 0.422. The fraction of sp³-hybridized carbons (Fsp3) is 0.214. The summed E-state index contributed by atoms with van der Waals surface area (Å²) in [6, 6.07) is 6.06. The van der Waals surface area contributed by atoms with Gasteiger partial charge in [-0.15, -0.1) is 5.10 Å². The van der Waals surface area contributed by atoms with Crippen LogP contribution in [0.4, 0.5) is 0 Å². The molecule has 1 aliphatic heterocycles. The minimum Gasteiger partial charge on any atom is -1.00 e. The Hall–Kier alpha value is -2.08. The molecule has 0 radical (unpaired) electrons. The van der Waals surface area contributed by atoms with Gasteiger partial charge in [0, 0.05) is 22.9 Å². The van der Waals surface area contributed by atoms with Gasteiger partial charge in [-0.2, -0.15) is 5.26 Å². The number of hydrogen-bond acceptors (Lipinski definition) is 4. The summed E-state index contributed by atoms with van der Waals surface area (Å²) in [4.78, 5) is 0. The van der Waals surface area contributed by atoms with Gasteiger partial charge in [-0.25, -0.2) is 4.57 Å². The van der Waals surface area contributed by atoms with E-state index in [1.165, 1.54) is 0 Å². The summed E-state index contributed by atoms with van der Waals surface area (Å²) in [6.45, 7) is 1.90. The Kier molecular flexibility index (Phi) is 4.18. The number of rotatable bonds is 1. The summed E-state index contributed by atoms with van der Waals surface area (Å²) in [5.74, 6) is 0.299. The number of pyridine rings is 1. The third kappa shape index (κ3) is 2.47. The first kappa shape index (κ1) is 15.3. The number of nitrogens with two attached hydrogens (primary N) is 1. The van der Waals surface area contributed by atoms with Gasteiger partial charge in [0.15, 0.2) is 12.4 Å². The van der Waals surface area contributed by atoms with E-state index in [-0.39, 0.29) is 35.8 Å². The highest BCUT2D eigenvalue weighted by molar-refractivity contribution is 5.54. The van der Waals surface area contributed by atoms with Crippen molar-refractivity contribution in [3.8, 4) is 11.9 Å². The standard InChI is InChI=1S/C14H14N5O.HI/c1-8-11-12(9-4-3-5-19(2)7-9)10(6-15)13(16)20-14(11)18-17-8;/h3-5,7,12H,16H2,1-2H3,(H,17,18);1H/q+1;/p-1. The van der Waals surface area contributed by atoms with Gasteiger partial charge < -0.3 is 34.4 Å². The smallest absolute Gasteiger partial charge is 0.244 e. The third-order valence-corrected chi connectivity index (χ3v) is 3.43. The highest BCUT2D eigenvalue weighted by atomic mass is 127. The van der Waals surface area contributed by atoms with Crippen LogP contribution in [0.2, 0.25) is 0 Å². The summed E-state index contributed by atoms with van der Waals surface area (Å²) in [7, 11) is 1.94. The first-order chi connectivity index (χ1) is 9.61.